The van der Waals surface area contributed by atoms with Gasteiger partial charge in [-0.15, -0.1) is 0 Å². The van der Waals surface area contributed by atoms with Crippen molar-refractivity contribution in [3.63, 3.8) is 0 Å². The minimum Gasteiger partial charge on any atom is -0.394 e. The Hall–Kier alpha value is 0.270. The lowest BCUT2D eigenvalue weighted by molar-refractivity contribution is 0.173. The summed E-state index contributed by atoms with van der Waals surface area (Å²) in [4.78, 5) is 0. The van der Waals surface area contributed by atoms with E-state index in [2.05, 4.69) is 17.1 Å². The summed E-state index contributed by atoms with van der Waals surface area (Å²) in [6.07, 6.45) is 9.29. The molecule has 2 nitrogen and oxygen atoms in total. The summed E-state index contributed by atoms with van der Waals surface area (Å²) in [5.74, 6) is 0. The highest BCUT2D eigenvalue weighted by Crippen LogP contribution is 2.42. The van der Waals surface area contributed by atoms with Gasteiger partial charge in [0.25, 0.3) is 0 Å². The smallest absolute Gasteiger partial charge is 0.0613 e. The highest BCUT2D eigenvalue weighted by Gasteiger charge is 2.38. The molecule has 2 unspecified atom stereocenters. The molecule has 15 heavy (non-hydrogen) atoms. The van der Waals surface area contributed by atoms with E-state index in [0.717, 1.165) is 23.3 Å². The van der Waals surface area contributed by atoms with Gasteiger partial charge < -0.3 is 10.4 Å². The molecule has 2 rings (SSSR count). The van der Waals surface area contributed by atoms with Crippen LogP contribution >= 0.6 is 11.8 Å². The number of aliphatic hydroxyl groups is 1. The van der Waals surface area contributed by atoms with Crippen LogP contribution < -0.4 is 5.32 Å². The average Bonchev–Trinajstić information content (AvgIpc) is 2.89. The maximum absolute atomic E-state index is 9.42. The van der Waals surface area contributed by atoms with Crippen molar-refractivity contribution >= 4 is 11.8 Å². The Kier molecular flexibility index (Phi) is 3.97. The lowest BCUT2D eigenvalue weighted by Crippen LogP contribution is -2.44. The van der Waals surface area contributed by atoms with Gasteiger partial charge >= 0.3 is 0 Å². The van der Waals surface area contributed by atoms with E-state index in [1.54, 1.807) is 0 Å². The minimum atomic E-state index is 0.0380. The van der Waals surface area contributed by atoms with Gasteiger partial charge in [-0.05, 0) is 39.2 Å². The highest BCUT2D eigenvalue weighted by molar-refractivity contribution is 8.00. The summed E-state index contributed by atoms with van der Waals surface area (Å²) >= 11 is 2.20. The molecule has 88 valence electrons. The van der Waals surface area contributed by atoms with Gasteiger partial charge in [-0.2, -0.15) is 11.8 Å². The molecule has 2 fully saturated rings. The number of thioether (sulfide) groups is 1. The Morgan fingerprint density at radius 2 is 2.00 bits per heavy atom. The molecule has 0 radical (unpaired) electrons. The molecule has 0 aromatic rings. The Balaban J connectivity index is 1.81. The number of aliphatic hydroxyl groups excluding tert-OH is 1. The molecule has 0 aromatic heterocycles. The van der Waals surface area contributed by atoms with E-state index in [-0.39, 0.29) is 5.54 Å². The summed E-state index contributed by atoms with van der Waals surface area (Å²) in [7, 11) is 1.98. The SMILES string of the molecule is CNC1(CO)CCC(SC2CCCC2)C1. The van der Waals surface area contributed by atoms with E-state index in [9.17, 15) is 5.11 Å². The second-order valence-corrected chi connectivity index (χ2v) is 6.70. The number of nitrogens with one attached hydrogen (secondary N) is 1. The Bertz CT molecular complexity index is 200. The zero-order chi connectivity index (χ0) is 10.7. The summed E-state index contributed by atoms with van der Waals surface area (Å²) in [5.41, 5.74) is 0.0380. The van der Waals surface area contributed by atoms with Crippen LogP contribution in [0.15, 0.2) is 0 Å². The third-order valence-corrected chi connectivity index (χ3v) is 5.73. The molecular weight excluding hydrogens is 206 g/mol. The van der Waals surface area contributed by atoms with Crippen molar-refractivity contribution in [3.05, 3.63) is 0 Å². The topological polar surface area (TPSA) is 32.3 Å². The number of rotatable bonds is 4. The standard InChI is InChI=1S/C12H23NOS/c1-13-12(9-14)7-6-11(8-12)15-10-4-2-3-5-10/h10-11,13-14H,2-9H2,1H3. The van der Waals surface area contributed by atoms with Gasteiger partial charge in [0.05, 0.1) is 6.61 Å². The third-order valence-electron chi connectivity index (χ3n) is 4.08. The lowest BCUT2D eigenvalue weighted by Gasteiger charge is -2.26. The largest absolute Gasteiger partial charge is 0.394 e. The van der Waals surface area contributed by atoms with E-state index in [1.807, 2.05) is 7.05 Å². The van der Waals surface area contributed by atoms with Crippen LogP contribution in [0.25, 0.3) is 0 Å². The fourth-order valence-electron chi connectivity index (χ4n) is 2.94. The van der Waals surface area contributed by atoms with Crippen LogP contribution in [-0.2, 0) is 0 Å². The van der Waals surface area contributed by atoms with Crippen molar-refractivity contribution in [3.8, 4) is 0 Å². The molecule has 0 saturated heterocycles. The fourth-order valence-corrected chi connectivity index (χ4v) is 4.76. The normalized spacial score (nSPS) is 37.6. The number of likely N-dealkylation sites (N-methyl/N-ethyl adjacent to an activating group) is 1. The van der Waals surface area contributed by atoms with Crippen molar-refractivity contribution in [1.82, 2.24) is 5.32 Å². The van der Waals surface area contributed by atoms with E-state index < -0.39 is 0 Å². The maximum Gasteiger partial charge on any atom is 0.0613 e. The molecule has 0 amide bonds. The molecule has 2 saturated carbocycles. The quantitative estimate of drug-likeness (QED) is 0.775. The van der Waals surface area contributed by atoms with Crippen LogP contribution in [0.4, 0.5) is 0 Å². The summed E-state index contributed by atoms with van der Waals surface area (Å²) < 4.78 is 0. The predicted octanol–water partition coefficient (Wildman–Crippen LogP) is 2.17. The lowest BCUT2D eigenvalue weighted by atomic mass is 10.00. The molecule has 0 bridgehead atoms. The molecule has 3 heteroatoms. The molecule has 2 N–H and O–H groups in total. The average molecular weight is 229 g/mol. The third kappa shape index (κ3) is 2.69. The van der Waals surface area contributed by atoms with Gasteiger partial charge in [-0.25, -0.2) is 0 Å². The summed E-state index contributed by atoms with van der Waals surface area (Å²) in [6, 6.07) is 0. The Morgan fingerprint density at radius 1 is 1.27 bits per heavy atom. The first kappa shape index (κ1) is 11.7. The molecule has 2 atom stereocenters. The van der Waals surface area contributed by atoms with Crippen LogP contribution in [0, 0.1) is 0 Å². The van der Waals surface area contributed by atoms with E-state index >= 15 is 0 Å². The molecular formula is C12H23NOS. The summed E-state index contributed by atoms with van der Waals surface area (Å²) in [6.45, 7) is 0.297. The van der Waals surface area contributed by atoms with Crippen LogP contribution in [-0.4, -0.2) is 34.8 Å². The Morgan fingerprint density at radius 3 is 2.53 bits per heavy atom. The minimum absolute atomic E-state index is 0.0380. The Labute approximate surface area is 97.2 Å². The van der Waals surface area contributed by atoms with Gasteiger partial charge in [0.15, 0.2) is 0 Å². The zero-order valence-corrected chi connectivity index (χ0v) is 10.5. The molecule has 2 aliphatic carbocycles. The van der Waals surface area contributed by atoms with E-state index in [1.165, 1.54) is 32.1 Å². The second kappa shape index (κ2) is 5.07. The van der Waals surface area contributed by atoms with Crippen molar-refractivity contribution in [2.24, 2.45) is 0 Å². The van der Waals surface area contributed by atoms with Gasteiger partial charge in [0.1, 0.15) is 0 Å². The van der Waals surface area contributed by atoms with Gasteiger partial charge in [-0.3, -0.25) is 0 Å². The first-order chi connectivity index (χ1) is 7.28. The van der Waals surface area contributed by atoms with Gasteiger partial charge in [0, 0.05) is 16.0 Å². The first-order valence-electron chi connectivity index (χ1n) is 6.23. The van der Waals surface area contributed by atoms with Crippen LogP contribution in [0.2, 0.25) is 0 Å². The zero-order valence-electron chi connectivity index (χ0n) is 9.67. The van der Waals surface area contributed by atoms with Crippen LogP contribution in [0.1, 0.15) is 44.9 Å². The maximum atomic E-state index is 9.42. The van der Waals surface area contributed by atoms with Gasteiger partial charge in [0.2, 0.25) is 0 Å². The highest BCUT2D eigenvalue weighted by atomic mass is 32.2. The molecule has 0 spiro atoms. The monoisotopic (exact) mass is 229 g/mol. The van der Waals surface area contributed by atoms with E-state index in [0.29, 0.717) is 6.61 Å². The number of hydrogen-bond donors (Lipinski definition) is 2. The van der Waals surface area contributed by atoms with Crippen molar-refractivity contribution < 1.29 is 5.11 Å². The second-order valence-electron chi connectivity index (χ2n) is 5.10. The molecule has 0 aromatic carbocycles. The van der Waals surface area contributed by atoms with Gasteiger partial charge in [-0.1, -0.05) is 12.8 Å². The van der Waals surface area contributed by atoms with Crippen LogP contribution in [0.3, 0.4) is 0 Å². The molecule has 2 aliphatic rings. The molecule has 0 heterocycles. The first-order valence-corrected chi connectivity index (χ1v) is 7.17. The van der Waals surface area contributed by atoms with Crippen LogP contribution in [0.5, 0.6) is 0 Å². The summed E-state index contributed by atoms with van der Waals surface area (Å²) in [5, 5.41) is 14.4. The predicted molar refractivity (Wildman–Crippen MR) is 66.4 cm³/mol. The fraction of sp³-hybridized carbons (Fsp3) is 1.00. The van der Waals surface area contributed by atoms with Crippen molar-refractivity contribution in [2.45, 2.75) is 61.0 Å². The van der Waals surface area contributed by atoms with Crippen molar-refractivity contribution in [1.29, 1.82) is 0 Å². The number of hydrogen-bond acceptors (Lipinski definition) is 3. The molecule has 0 aliphatic heterocycles. The van der Waals surface area contributed by atoms with Crippen molar-refractivity contribution in [2.75, 3.05) is 13.7 Å². The van der Waals surface area contributed by atoms with E-state index in [4.69, 9.17) is 0 Å².